The molecule has 0 bridgehead atoms. The summed E-state index contributed by atoms with van der Waals surface area (Å²) in [4.78, 5) is 10.7. The zero-order valence-corrected chi connectivity index (χ0v) is 21.2. The van der Waals surface area contributed by atoms with Crippen LogP contribution in [0.1, 0.15) is 35.1 Å². The molecule has 0 amide bonds. The molecular formula is C28H32O6S. The zero-order chi connectivity index (χ0) is 25.4. The van der Waals surface area contributed by atoms with E-state index in [1.54, 1.807) is 0 Å². The first-order chi connectivity index (χ1) is 16.6. The van der Waals surface area contributed by atoms with E-state index in [9.17, 15) is 13.2 Å². The molecule has 0 radical (unpaired) electrons. The van der Waals surface area contributed by atoms with Crippen molar-refractivity contribution in [2.24, 2.45) is 0 Å². The summed E-state index contributed by atoms with van der Waals surface area (Å²) in [7, 11) is -2.98. The van der Waals surface area contributed by atoms with Crippen molar-refractivity contribution in [1.29, 1.82) is 0 Å². The van der Waals surface area contributed by atoms with Gasteiger partial charge in [0.2, 0.25) is 0 Å². The van der Waals surface area contributed by atoms with Crippen LogP contribution in [0.25, 0.3) is 11.1 Å². The summed E-state index contributed by atoms with van der Waals surface area (Å²) in [5.41, 5.74) is 6.40. The predicted molar refractivity (Wildman–Crippen MR) is 138 cm³/mol. The lowest BCUT2D eigenvalue weighted by atomic mass is 9.94. The van der Waals surface area contributed by atoms with Crippen molar-refractivity contribution in [3.05, 3.63) is 82.9 Å². The second-order valence-corrected chi connectivity index (χ2v) is 11.1. The molecule has 0 fully saturated rings. The first-order valence-corrected chi connectivity index (χ1v) is 13.6. The Bertz CT molecular complexity index is 1240. The van der Waals surface area contributed by atoms with Gasteiger partial charge in [-0.1, -0.05) is 30.3 Å². The van der Waals surface area contributed by atoms with Gasteiger partial charge in [-0.05, 0) is 90.4 Å². The maximum absolute atomic E-state index is 11.3. The van der Waals surface area contributed by atoms with Crippen molar-refractivity contribution in [2.75, 3.05) is 18.6 Å². The highest BCUT2D eigenvalue weighted by Crippen LogP contribution is 2.32. The molecule has 3 rings (SSSR count). The van der Waals surface area contributed by atoms with Crippen LogP contribution >= 0.6 is 0 Å². The number of carboxylic acid groups (broad SMARTS) is 1. The second-order valence-electron chi connectivity index (χ2n) is 8.79. The topological polar surface area (TPSA) is 89.9 Å². The van der Waals surface area contributed by atoms with Crippen molar-refractivity contribution < 1.29 is 27.8 Å². The Labute approximate surface area is 207 Å². The SMILES string of the molecule is Cc1cc(OCCCS(C)(=O)=O)cc(C)c1-c1cccc(COc2ccc(CCC(=O)O)cc2)c1. The van der Waals surface area contributed by atoms with Gasteiger partial charge in [-0.25, -0.2) is 8.42 Å². The summed E-state index contributed by atoms with van der Waals surface area (Å²) in [6.45, 7) is 4.86. The van der Waals surface area contributed by atoms with E-state index in [1.807, 2.05) is 62.4 Å². The Morgan fingerprint density at radius 1 is 0.886 bits per heavy atom. The molecule has 0 aromatic heterocycles. The lowest BCUT2D eigenvalue weighted by Gasteiger charge is -2.15. The molecule has 0 aliphatic carbocycles. The molecule has 0 saturated heterocycles. The zero-order valence-electron chi connectivity index (χ0n) is 20.4. The van der Waals surface area contributed by atoms with Gasteiger partial charge < -0.3 is 14.6 Å². The molecule has 3 aromatic rings. The molecule has 0 unspecified atom stereocenters. The summed E-state index contributed by atoms with van der Waals surface area (Å²) >= 11 is 0. The minimum absolute atomic E-state index is 0.113. The van der Waals surface area contributed by atoms with Gasteiger partial charge in [0.15, 0.2) is 0 Å². The van der Waals surface area contributed by atoms with Gasteiger partial charge in [0.1, 0.15) is 27.9 Å². The molecule has 35 heavy (non-hydrogen) atoms. The van der Waals surface area contributed by atoms with E-state index in [4.69, 9.17) is 14.6 Å². The van der Waals surface area contributed by atoms with Gasteiger partial charge in [-0.3, -0.25) is 4.79 Å². The smallest absolute Gasteiger partial charge is 0.303 e. The van der Waals surface area contributed by atoms with E-state index >= 15 is 0 Å². The number of carboxylic acids is 1. The molecule has 0 heterocycles. The molecule has 3 aromatic carbocycles. The third-order valence-corrected chi connectivity index (χ3v) is 6.64. The van der Waals surface area contributed by atoms with Crippen LogP contribution in [0.4, 0.5) is 0 Å². The van der Waals surface area contributed by atoms with E-state index in [-0.39, 0.29) is 12.2 Å². The first kappa shape index (κ1) is 26.3. The maximum Gasteiger partial charge on any atom is 0.303 e. The Balaban J connectivity index is 1.64. The van der Waals surface area contributed by atoms with Gasteiger partial charge in [-0.15, -0.1) is 0 Å². The number of carbonyl (C=O) groups is 1. The number of hydrogen-bond acceptors (Lipinski definition) is 5. The molecule has 0 atom stereocenters. The van der Waals surface area contributed by atoms with E-state index in [0.29, 0.717) is 26.1 Å². The fourth-order valence-corrected chi connectivity index (χ4v) is 4.60. The van der Waals surface area contributed by atoms with Crippen LogP contribution in [-0.2, 0) is 27.7 Å². The Morgan fingerprint density at radius 3 is 2.20 bits per heavy atom. The maximum atomic E-state index is 11.3. The fraction of sp³-hybridized carbons (Fsp3) is 0.321. The van der Waals surface area contributed by atoms with E-state index < -0.39 is 15.8 Å². The molecular weight excluding hydrogens is 464 g/mol. The third-order valence-electron chi connectivity index (χ3n) is 5.61. The lowest BCUT2D eigenvalue weighted by molar-refractivity contribution is -0.136. The summed E-state index contributed by atoms with van der Waals surface area (Å²) in [6, 6.07) is 19.7. The number of benzene rings is 3. The van der Waals surface area contributed by atoms with Crippen molar-refractivity contribution in [1.82, 2.24) is 0 Å². The second kappa shape index (κ2) is 11.9. The van der Waals surface area contributed by atoms with Gasteiger partial charge >= 0.3 is 5.97 Å². The average Bonchev–Trinajstić information content (AvgIpc) is 2.79. The molecule has 0 aliphatic heterocycles. The van der Waals surface area contributed by atoms with E-state index in [2.05, 4.69) is 12.1 Å². The fourth-order valence-electron chi connectivity index (χ4n) is 3.96. The highest BCUT2D eigenvalue weighted by Gasteiger charge is 2.10. The van der Waals surface area contributed by atoms with Crippen LogP contribution in [0.2, 0.25) is 0 Å². The van der Waals surface area contributed by atoms with Crippen LogP contribution in [0.15, 0.2) is 60.7 Å². The molecule has 6 nitrogen and oxygen atoms in total. The standard InChI is InChI=1S/C28H32O6S/c1-20-16-26(33-14-5-15-35(3,31)32)17-21(2)28(20)24-7-4-6-23(18-24)19-34-25-11-8-22(9-12-25)10-13-27(29)30/h4,6-9,11-12,16-18H,5,10,13-15,19H2,1-3H3,(H,29,30). The highest BCUT2D eigenvalue weighted by molar-refractivity contribution is 7.90. The normalized spacial score (nSPS) is 11.3. The van der Waals surface area contributed by atoms with Gasteiger partial charge in [0.25, 0.3) is 0 Å². The third kappa shape index (κ3) is 8.44. The minimum atomic E-state index is -2.98. The van der Waals surface area contributed by atoms with Crippen molar-refractivity contribution in [3.8, 4) is 22.6 Å². The van der Waals surface area contributed by atoms with Crippen LogP contribution in [0.3, 0.4) is 0 Å². The van der Waals surface area contributed by atoms with Crippen molar-refractivity contribution in [3.63, 3.8) is 0 Å². The van der Waals surface area contributed by atoms with Crippen molar-refractivity contribution in [2.45, 2.75) is 39.7 Å². The minimum Gasteiger partial charge on any atom is -0.494 e. The quantitative estimate of drug-likeness (QED) is 0.339. The molecule has 186 valence electrons. The molecule has 7 heteroatoms. The lowest BCUT2D eigenvalue weighted by Crippen LogP contribution is -2.08. The number of sulfone groups is 1. The monoisotopic (exact) mass is 496 g/mol. The van der Waals surface area contributed by atoms with Gasteiger partial charge in [0.05, 0.1) is 12.4 Å². The largest absolute Gasteiger partial charge is 0.494 e. The summed E-state index contributed by atoms with van der Waals surface area (Å²) in [5, 5.41) is 8.81. The van der Waals surface area contributed by atoms with Crippen LogP contribution < -0.4 is 9.47 Å². The molecule has 1 N–H and O–H groups in total. The highest BCUT2D eigenvalue weighted by atomic mass is 32.2. The van der Waals surface area contributed by atoms with Gasteiger partial charge in [-0.2, -0.15) is 0 Å². The Kier molecular flexibility index (Phi) is 8.93. The predicted octanol–water partition coefficient (Wildman–Crippen LogP) is 5.38. The first-order valence-electron chi connectivity index (χ1n) is 11.6. The van der Waals surface area contributed by atoms with Gasteiger partial charge in [0, 0.05) is 12.7 Å². The van der Waals surface area contributed by atoms with Crippen LogP contribution in [0.5, 0.6) is 11.5 Å². The van der Waals surface area contributed by atoms with Crippen LogP contribution in [0, 0.1) is 13.8 Å². The summed E-state index contributed by atoms with van der Waals surface area (Å²) in [5.74, 6) is 0.789. The van der Waals surface area contributed by atoms with Crippen molar-refractivity contribution >= 4 is 15.8 Å². The molecule has 0 saturated carbocycles. The Morgan fingerprint density at radius 2 is 1.57 bits per heavy atom. The molecule has 0 spiro atoms. The summed E-state index contributed by atoms with van der Waals surface area (Å²) in [6.07, 6.45) is 2.31. The van der Waals surface area contributed by atoms with E-state index in [0.717, 1.165) is 44.9 Å². The van der Waals surface area contributed by atoms with E-state index in [1.165, 1.54) is 6.26 Å². The Hall–Kier alpha value is -3.32. The number of aliphatic carboxylic acids is 1. The van der Waals surface area contributed by atoms with Crippen LogP contribution in [-0.4, -0.2) is 38.1 Å². The molecule has 0 aliphatic rings. The summed E-state index contributed by atoms with van der Waals surface area (Å²) < 4.78 is 34.3. The number of aryl methyl sites for hydroxylation is 3. The number of hydrogen-bond donors (Lipinski definition) is 1. The number of ether oxygens (including phenoxy) is 2. The number of rotatable bonds is 12. The average molecular weight is 497 g/mol.